The summed E-state index contributed by atoms with van der Waals surface area (Å²) in [6.07, 6.45) is 1.57. The Labute approximate surface area is 196 Å². The third-order valence-electron chi connectivity index (χ3n) is 4.93. The molecule has 2 rings (SSSR count). The highest BCUT2D eigenvalue weighted by atomic mass is 32.2. The van der Waals surface area contributed by atoms with E-state index in [1.165, 1.54) is 11.0 Å². The van der Waals surface area contributed by atoms with Crippen LogP contribution in [0.2, 0.25) is 0 Å². The predicted molar refractivity (Wildman–Crippen MR) is 130 cm³/mol. The van der Waals surface area contributed by atoms with Gasteiger partial charge in [-0.1, -0.05) is 56.3 Å². The summed E-state index contributed by atoms with van der Waals surface area (Å²) in [6, 6.07) is 15.4. The van der Waals surface area contributed by atoms with Crippen LogP contribution in [0.5, 0.6) is 0 Å². The van der Waals surface area contributed by atoms with Gasteiger partial charge in [-0.25, -0.2) is 13.1 Å². The standard InChI is InChI=1S/C25H32N2O5S/c1-18(2)15-23(24(29)26-33(31,32)14-13-20-9-6-5-7-10-20)25(30)27(19(3)4)22-12-8-11-21(16-22)17-28/h5-14,16,18-19,23,28H,15,17H2,1-4H3,(H,26,29)/b14-13+. The molecule has 178 valence electrons. The van der Waals surface area contributed by atoms with Crippen molar-refractivity contribution in [3.8, 4) is 0 Å². The molecule has 7 nitrogen and oxygen atoms in total. The van der Waals surface area contributed by atoms with Gasteiger partial charge in [0.15, 0.2) is 0 Å². The molecular weight excluding hydrogens is 440 g/mol. The second-order valence-electron chi connectivity index (χ2n) is 8.54. The van der Waals surface area contributed by atoms with Crippen molar-refractivity contribution in [2.24, 2.45) is 11.8 Å². The highest BCUT2D eigenvalue weighted by Gasteiger charge is 2.34. The van der Waals surface area contributed by atoms with Crippen molar-refractivity contribution in [2.45, 2.75) is 46.8 Å². The third kappa shape index (κ3) is 7.83. The number of hydrogen-bond acceptors (Lipinski definition) is 5. The first-order chi connectivity index (χ1) is 15.5. The normalized spacial score (nSPS) is 12.8. The number of sulfonamides is 1. The minimum Gasteiger partial charge on any atom is -0.392 e. The number of anilines is 1. The van der Waals surface area contributed by atoms with E-state index >= 15 is 0 Å². The Hall–Kier alpha value is -2.97. The van der Waals surface area contributed by atoms with Gasteiger partial charge < -0.3 is 10.0 Å². The Morgan fingerprint density at radius 3 is 2.27 bits per heavy atom. The smallest absolute Gasteiger partial charge is 0.257 e. The van der Waals surface area contributed by atoms with Crippen molar-refractivity contribution in [1.29, 1.82) is 0 Å². The minimum atomic E-state index is -4.10. The highest BCUT2D eigenvalue weighted by Crippen LogP contribution is 2.24. The number of aliphatic hydroxyl groups is 1. The van der Waals surface area contributed by atoms with Crippen molar-refractivity contribution < 1.29 is 23.1 Å². The van der Waals surface area contributed by atoms with Crippen LogP contribution in [0.3, 0.4) is 0 Å². The summed E-state index contributed by atoms with van der Waals surface area (Å²) in [5.41, 5.74) is 1.83. The molecule has 0 aliphatic heterocycles. The van der Waals surface area contributed by atoms with Crippen LogP contribution in [-0.2, 0) is 26.2 Å². The third-order valence-corrected chi connectivity index (χ3v) is 5.91. The SMILES string of the molecule is CC(C)CC(C(=O)NS(=O)(=O)/C=C/c1ccccc1)C(=O)N(c1cccc(CO)c1)C(C)C. The van der Waals surface area contributed by atoms with Gasteiger partial charge in [0.2, 0.25) is 11.8 Å². The predicted octanol–water partition coefficient (Wildman–Crippen LogP) is 3.70. The molecule has 0 saturated carbocycles. The molecule has 0 spiro atoms. The Balaban J connectivity index is 2.31. The van der Waals surface area contributed by atoms with Crippen LogP contribution in [0.15, 0.2) is 60.0 Å². The van der Waals surface area contributed by atoms with Crippen LogP contribution in [-0.4, -0.2) is 31.4 Å². The molecule has 1 unspecified atom stereocenters. The van der Waals surface area contributed by atoms with E-state index in [0.29, 0.717) is 16.8 Å². The molecule has 0 aliphatic rings. The van der Waals surface area contributed by atoms with Crippen molar-refractivity contribution in [1.82, 2.24) is 4.72 Å². The van der Waals surface area contributed by atoms with E-state index in [1.807, 2.05) is 38.5 Å². The molecule has 2 amide bonds. The maximum Gasteiger partial charge on any atom is 0.257 e. The summed E-state index contributed by atoms with van der Waals surface area (Å²) in [5, 5.41) is 10.4. The lowest BCUT2D eigenvalue weighted by atomic mass is 9.94. The molecule has 0 heterocycles. The monoisotopic (exact) mass is 472 g/mol. The average molecular weight is 473 g/mol. The summed E-state index contributed by atoms with van der Waals surface area (Å²) < 4.78 is 27.1. The number of nitrogens with zero attached hydrogens (tertiary/aromatic N) is 1. The minimum absolute atomic E-state index is 0.0231. The maximum atomic E-state index is 13.5. The topological polar surface area (TPSA) is 104 Å². The number of rotatable bonds is 10. The summed E-state index contributed by atoms with van der Waals surface area (Å²) in [6.45, 7) is 7.17. The molecule has 0 aliphatic carbocycles. The zero-order chi connectivity index (χ0) is 24.6. The fourth-order valence-electron chi connectivity index (χ4n) is 3.42. The number of carbonyl (C=O) groups is 2. The number of aliphatic hydroxyl groups excluding tert-OH is 1. The largest absolute Gasteiger partial charge is 0.392 e. The lowest BCUT2D eigenvalue weighted by molar-refractivity contribution is -0.133. The first-order valence-corrected chi connectivity index (χ1v) is 12.4. The van der Waals surface area contributed by atoms with Crippen molar-refractivity contribution >= 4 is 33.6 Å². The lowest BCUT2D eigenvalue weighted by Crippen LogP contribution is -2.48. The molecule has 0 radical (unpaired) electrons. The summed E-state index contributed by atoms with van der Waals surface area (Å²) in [5.74, 6) is -2.57. The van der Waals surface area contributed by atoms with Crippen LogP contribution in [0.4, 0.5) is 5.69 Å². The summed E-state index contributed by atoms with van der Waals surface area (Å²) in [4.78, 5) is 28.0. The Morgan fingerprint density at radius 1 is 1.03 bits per heavy atom. The van der Waals surface area contributed by atoms with Crippen LogP contribution in [0, 0.1) is 11.8 Å². The van der Waals surface area contributed by atoms with Gasteiger partial charge in [0.05, 0.1) is 12.0 Å². The van der Waals surface area contributed by atoms with Gasteiger partial charge in [-0.3, -0.25) is 9.59 Å². The van der Waals surface area contributed by atoms with Gasteiger partial charge in [0, 0.05) is 11.7 Å². The fourth-order valence-corrected chi connectivity index (χ4v) is 4.25. The Bertz CT molecular complexity index is 1080. The molecule has 1 atom stereocenters. The molecular formula is C25H32N2O5S. The van der Waals surface area contributed by atoms with E-state index < -0.39 is 27.8 Å². The van der Waals surface area contributed by atoms with E-state index in [2.05, 4.69) is 0 Å². The van der Waals surface area contributed by atoms with Crippen molar-refractivity contribution in [2.75, 3.05) is 4.90 Å². The van der Waals surface area contributed by atoms with E-state index in [1.54, 1.807) is 48.5 Å². The number of benzene rings is 2. The van der Waals surface area contributed by atoms with Crippen LogP contribution in [0.25, 0.3) is 6.08 Å². The molecule has 2 aromatic carbocycles. The summed E-state index contributed by atoms with van der Waals surface area (Å²) in [7, 11) is -4.10. The van der Waals surface area contributed by atoms with Gasteiger partial charge in [0.25, 0.3) is 10.0 Å². The van der Waals surface area contributed by atoms with Gasteiger partial charge in [-0.2, -0.15) is 0 Å². The number of carbonyl (C=O) groups excluding carboxylic acids is 2. The quantitative estimate of drug-likeness (QED) is 0.513. The van der Waals surface area contributed by atoms with E-state index in [-0.39, 0.29) is 25.0 Å². The lowest BCUT2D eigenvalue weighted by Gasteiger charge is -2.31. The Kier molecular flexibility index (Phi) is 9.37. The molecule has 2 aromatic rings. The number of nitrogens with one attached hydrogen (secondary N) is 1. The average Bonchev–Trinajstić information content (AvgIpc) is 2.76. The maximum absolute atomic E-state index is 13.5. The van der Waals surface area contributed by atoms with Crippen LogP contribution >= 0.6 is 0 Å². The first kappa shape index (κ1) is 26.3. The molecule has 0 saturated heterocycles. The molecule has 8 heteroatoms. The zero-order valence-corrected chi connectivity index (χ0v) is 20.2. The highest BCUT2D eigenvalue weighted by molar-refractivity contribution is 7.93. The molecule has 0 aromatic heterocycles. The van der Waals surface area contributed by atoms with E-state index in [0.717, 1.165) is 5.41 Å². The van der Waals surface area contributed by atoms with Gasteiger partial charge in [-0.05, 0) is 55.5 Å². The van der Waals surface area contributed by atoms with E-state index in [9.17, 15) is 23.1 Å². The molecule has 0 fully saturated rings. The van der Waals surface area contributed by atoms with Crippen molar-refractivity contribution in [3.05, 3.63) is 71.1 Å². The number of hydrogen-bond donors (Lipinski definition) is 2. The zero-order valence-electron chi connectivity index (χ0n) is 19.4. The summed E-state index contributed by atoms with van der Waals surface area (Å²) >= 11 is 0. The second kappa shape index (κ2) is 11.8. The Morgan fingerprint density at radius 2 is 1.70 bits per heavy atom. The second-order valence-corrected chi connectivity index (χ2v) is 10.1. The fraction of sp³-hybridized carbons (Fsp3) is 0.360. The van der Waals surface area contributed by atoms with Gasteiger partial charge >= 0.3 is 0 Å². The van der Waals surface area contributed by atoms with Crippen LogP contribution < -0.4 is 9.62 Å². The van der Waals surface area contributed by atoms with E-state index in [4.69, 9.17) is 0 Å². The molecule has 33 heavy (non-hydrogen) atoms. The van der Waals surface area contributed by atoms with Gasteiger partial charge in [-0.15, -0.1) is 0 Å². The molecule has 2 N–H and O–H groups in total. The van der Waals surface area contributed by atoms with Gasteiger partial charge in [0.1, 0.15) is 5.92 Å². The first-order valence-electron chi connectivity index (χ1n) is 10.9. The van der Waals surface area contributed by atoms with Crippen molar-refractivity contribution in [3.63, 3.8) is 0 Å². The van der Waals surface area contributed by atoms with Crippen LogP contribution in [0.1, 0.15) is 45.2 Å². The molecule has 0 bridgehead atoms. The number of amides is 2.